The van der Waals surface area contributed by atoms with Crippen molar-refractivity contribution in [2.45, 2.75) is 11.8 Å². The number of pyridine rings is 1. The van der Waals surface area contributed by atoms with Gasteiger partial charge in [-0.2, -0.15) is 5.10 Å². The molecule has 1 N–H and O–H groups in total. The van der Waals surface area contributed by atoms with Crippen LogP contribution in [0.5, 0.6) is 0 Å². The normalized spacial score (nSPS) is 11.8. The molecule has 4 aromatic rings. The van der Waals surface area contributed by atoms with E-state index in [0.29, 0.717) is 11.1 Å². The maximum Gasteiger partial charge on any atom is 0.242 e. The minimum atomic E-state index is -3.55. The molecule has 0 fully saturated rings. The van der Waals surface area contributed by atoms with Gasteiger partial charge in [0.15, 0.2) is 0 Å². The van der Waals surface area contributed by atoms with E-state index < -0.39 is 15.8 Å². The van der Waals surface area contributed by atoms with Gasteiger partial charge in [0.2, 0.25) is 10.0 Å². The Kier molecular flexibility index (Phi) is 5.43. The molecule has 0 atom stereocenters. The lowest BCUT2D eigenvalue weighted by Crippen LogP contribution is -2.22. The maximum absolute atomic E-state index is 14.7. The molecule has 4 rings (SSSR count). The van der Waals surface area contributed by atoms with Crippen LogP contribution < -0.4 is 0 Å². The monoisotopic (exact) mass is 436 g/mol. The molecule has 0 bridgehead atoms. The molecule has 0 aliphatic rings. The predicted octanol–water partition coefficient (Wildman–Crippen LogP) is 4.50. The zero-order chi connectivity index (χ0) is 22.2. The SMILES string of the molecule is Cc1cccc(-c2[nH]ncc2-c2ccc(F)c(-c3ccc(S(=O)(=O)N(C)C)cc3)c2)n1. The third-order valence-corrected chi connectivity index (χ3v) is 6.83. The van der Waals surface area contributed by atoms with E-state index in [-0.39, 0.29) is 4.90 Å². The second-order valence-corrected chi connectivity index (χ2v) is 9.48. The number of benzene rings is 2. The van der Waals surface area contributed by atoms with Gasteiger partial charge in [0.05, 0.1) is 22.5 Å². The first-order valence-electron chi connectivity index (χ1n) is 9.57. The van der Waals surface area contributed by atoms with E-state index in [1.165, 1.54) is 32.3 Å². The van der Waals surface area contributed by atoms with Crippen LogP contribution in [0, 0.1) is 12.7 Å². The Morgan fingerprint density at radius 2 is 1.65 bits per heavy atom. The van der Waals surface area contributed by atoms with Crippen molar-refractivity contribution in [1.82, 2.24) is 19.5 Å². The van der Waals surface area contributed by atoms with Gasteiger partial charge in [0.25, 0.3) is 0 Å². The molecule has 0 amide bonds. The molecule has 0 aliphatic carbocycles. The third-order valence-electron chi connectivity index (χ3n) is 5.01. The topological polar surface area (TPSA) is 79.0 Å². The first-order valence-corrected chi connectivity index (χ1v) is 11.0. The van der Waals surface area contributed by atoms with E-state index in [0.717, 1.165) is 32.5 Å². The number of aromatic nitrogens is 3. The Bertz CT molecular complexity index is 1350. The van der Waals surface area contributed by atoms with E-state index in [9.17, 15) is 12.8 Å². The van der Waals surface area contributed by atoms with Crippen LogP contribution in [0.2, 0.25) is 0 Å². The number of halogens is 1. The summed E-state index contributed by atoms with van der Waals surface area (Å²) in [5.41, 5.74) is 4.89. The smallest absolute Gasteiger partial charge is 0.242 e. The van der Waals surface area contributed by atoms with Crippen molar-refractivity contribution < 1.29 is 12.8 Å². The van der Waals surface area contributed by atoms with E-state index in [1.807, 2.05) is 25.1 Å². The van der Waals surface area contributed by atoms with Gasteiger partial charge >= 0.3 is 0 Å². The summed E-state index contributed by atoms with van der Waals surface area (Å²) in [6, 6.07) is 16.7. The lowest BCUT2D eigenvalue weighted by Gasteiger charge is -2.12. The Labute approximate surface area is 180 Å². The second-order valence-electron chi connectivity index (χ2n) is 7.33. The zero-order valence-corrected chi connectivity index (χ0v) is 18.1. The summed E-state index contributed by atoms with van der Waals surface area (Å²) in [4.78, 5) is 4.69. The summed E-state index contributed by atoms with van der Waals surface area (Å²) in [5.74, 6) is -0.398. The fourth-order valence-corrected chi connectivity index (χ4v) is 4.22. The molecule has 8 heteroatoms. The lowest BCUT2D eigenvalue weighted by molar-refractivity contribution is 0.521. The molecule has 0 unspecified atom stereocenters. The van der Waals surface area contributed by atoms with Crippen molar-refractivity contribution in [1.29, 1.82) is 0 Å². The first-order chi connectivity index (χ1) is 14.8. The van der Waals surface area contributed by atoms with Crippen molar-refractivity contribution in [3.8, 4) is 33.6 Å². The molecule has 0 spiro atoms. The number of aromatic amines is 1. The van der Waals surface area contributed by atoms with Crippen LogP contribution in [0.4, 0.5) is 4.39 Å². The highest BCUT2D eigenvalue weighted by Gasteiger charge is 2.18. The third kappa shape index (κ3) is 3.99. The fourth-order valence-electron chi connectivity index (χ4n) is 3.31. The minimum Gasteiger partial charge on any atom is -0.276 e. The first kappa shape index (κ1) is 20.9. The number of H-pyrrole nitrogens is 1. The quantitative estimate of drug-likeness (QED) is 0.499. The Morgan fingerprint density at radius 1 is 0.935 bits per heavy atom. The van der Waals surface area contributed by atoms with Gasteiger partial charge in [-0.1, -0.05) is 24.3 Å². The second kappa shape index (κ2) is 8.05. The number of aryl methyl sites for hydroxylation is 1. The molecule has 2 aromatic heterocycles. The summed E-state index contributed by atoms with van der Waals surface area (Å²) in [6.45, 7) is 1.91. The summed E-state index contributed by atoms with van der Waals surface area (Å²) in [5, 5.41) is 7.13. The number of rotatable bonds is 5. The van der Waals surface area contributed by atoms with E-state index >= 15 is 0 Å². The predicted molar refractivity (Wildman–Crippen MR) is 118 cm³/mol. The van der Waals surface area contributed by atoms with Crippen LogP contribution in [0.1, 0.15) is 5.69 Å². The average molecular weight is 437 g/mol. The fraction of sp³-hybridized carbons (Fsp3) is 0.130. The van der Waals surface area contributed by atoms with Gasteiger partial charge in [-0.25, -0.2) is 17.1 Å². The summed E-state index contributed by atoms with van der Waals surface area (Å²) in [7, 11) is -0.609. The van der Waals surface area contributed by atoms with Crippen LogP contribution in [0.25, 0.3) is 33.6 Å². The number of sulfonamides is 1. The van der Waals surface area contributed by atoms with Crippen molar-refractivity contribution in [3.63, 3.8) is 0 Å². The van der Waals surface area contributed by atoms with Gasteiger partial charge in [-0.05, 0) is 54.4 Å². The molecule has 0 saturated heterocycles. The average Bonchev–Trinajstić information content (AvgIpc) is 3.24. The largest absolute Gasteiger partial charge is 0.276 e. The molecule has 0 aliphatic heterocycles. The molecular weight excluding hydrogens is 415 g/mol. The van der Waals surface area contributed by atoms with Gasteiger partial charge in [-0.15, -0.1) is 0 Å². The van der Waals surface area contributed by atoms with Crippen LogP contribution in [0.15, 0.2) is 71.8 Å². The molecule has 6 nitrogen and oxygen atoms in total. The minimum absolute atomic E-state index is 0.153. The van der Waals surface area contributed by atoms with Crippen LogP contribution in [0.3, 0.4) is 0 Å². The molecule has 31 heavy (non-hydrogen) atoms. The van der Waals surface area contributed by atoms with Crippen LogP contribution >= 0.6 is 0 Å². The highest BCUT2D eigenvalue weighted by Crippen LogP contribution is 2.33. The van der Waals surface area contributed by atoms with Gasteiger partial charge in [-0.3, -0.25) is 10.1 Å². The van der Waals surface area contributed by atoms with Crippen LogP contribution in [-0.2, 0) is 10.0 Å². The van der Waals surface area contributed by atoms with E-state index in [1.54, 1.807) is 30.5 Å². The van der Waals surface area contributed by atoms with Crippen molar-refractivity contribution in [2.24, 2.45) is 0 Å². The standard InChI is InChI=1S/C23H21FN4O2S/c1-15-5-4-6-22(26-15)23-20(14-25-27-23)17-9-12-21(24)19(13-17)16-7-10-18(11-8-16)31(29,30)28(2)3/h4-14H,1-3H3,(H,25,27). The molecule has 158 valence electrons. The molecular formula is C23H21FN4O2S. The number of nitrogens with one attached hydrogen (secondary N) is 1. The maximum atomic E-state index is 14.7. The van der Waals surface area contributed by atoms with Gasteiger partial charge < -0.3 is 0 Å². The highest BCUT2D eigenvalue weighted by molar-refractivity contribution is 7.89. The summed E-state index contributed by atoms with van der Waals surface area (Å²) < 4.78 is 40.4. The zero-order valence-electron chi connectivity index (χ0n) is 17.3. The van der Waals surface area contributed by atoms with Gasteiger partial charge in [0.1, 0.15) is 5.82 Å². The van der Waals surface area contributed by atoms with Crippen molar-refractivity contribution in [3.05, 3.63) is 78.4 Å². The number of hydrogen-bond donors (Lipinski definition) is 1. The lowest BCUT2D eigenvalue weighted by atomic mass is 9.98. The number of nitrogens with zero attached hydrogens (tertiary/aromatic N) is 3. The Hall–Kier alpha value is -3.36. The van der Waals surface area contributed by atoms with E-state index in [4.69, 9.17) is 0 Å². The highest BCUT2D eigenvalue weighted by atomic mass is 32.2. The number of hydrogen-bond acceptors (Lipinski definition) is 4. The Balaban J connectivity index is 1.76. The van der Waals surface area contributed by atoms with E-state index in [2.05, 4.69) is 15.2 Å². The molecule has 2 aromatic carbocycles. The summed E-state index contributed by atoms with van der Waals surface area (Å²) >= 11 is 0. The van der Waals surface area contributed by atoms with Crippen molar-refractivity contribution >= 4 is 10.0 Å². The summed E-state index contributed by atoms with van der Waals surface area (Å²) in [6.07, 6.45) is 1.68. The van der Waals surface area contributed by atoms with Gasteiger partial charge in [0, 0.05) is 30.9 Å². The van der Waals surface area contributed by atoms with Crippen LogP contribution in [-0.4, -0.2) is 42.0 Å². The van der Waals surface area contributed by atoms with Crippen molar-refractivity contribution in [2.75, 3.05) is 14.1 Å². The molecule has 0 radical (unpaired) electrons. The molecule has 0 saturated carbocycles. The Morgan fingerprint density at radius 3 is 2.32 bits per heavy atom. The molecule has 2 heterocycles.